The zero-order valence-corrected chi connectivity index (χ0v) is 12.5. The normalized spacial score (nSPS) is 12.4. The molecule has 0 radical (unpaired) electrons. The Morgan fingerprint density at radius 1 is 1.26 bits per heavy atom. The lowest BCUT2D eigenvalue weighted by atomic mass is 10.1. The highest BCUT2D eigenvalue weighted by molar-refractivity contribution is 7.99. The minimum atomic E-state index is 0.333. The second-order valence-electron chi connectivity index (χ2n) is 4.70. The van der Waals surface area contributed by atoms with Crippen molar-refractivity contribution in [2.45, 2.75) is 24.8 Å². The maximum atomic E-state index is 4.23. The number of aromatic nitrogens is 1. The van der Waals surface area contributed by atoms with Crippen LogP contribution in [0, 0.1) is 13.8 Å². The standard InChI is InChI=1S/C16H20N2S/c1-12-5-4-6-14(9-12)19-11-16(17-3)15-10-18-8-7-13(15)2/h4-10,16-17H,11H2,1-3H3. The smallest absolute Gasteiger partial charge is 0.0430 e. The van der Waals surface area contributed by atoms with Crippen LogP contribution in [0.25, 0.3) is 0 Å². The van der Waals surface area contributed by atoms with E-state index in [1.165, 1.54) is 21.6 Å². The number of nitrogens with one attached hydrogen (secondary N) is 1. The van der Waals surface area contributed by atoms with Crippen molar-refractivity contribution in [1.29, 1.82) is 0 Å². The second-order valence-corrected chi connectivity index (χ2v) is 5.79. The van der Waals surface area contributed by atoms with Crippen molar-refractivity contribution in [2.75, 3.05) is 12.8 Å². The third-order valence-corrected chi connectivity index (χ3v) is 4.30. The van der Waals surface area contributed by atoms with E-state index in [4.69, 9.17) is 0 Å². The van der Waals surface area contributed by atoms with Crippen molar-refractivity contribution in [3.63, 3.8) is 0 Å². The lowest BCUT2D eigenvalue weighted by Gasteiger charge is -2.18. The molecule has 0 bridgehead atoms. The Kier molecular flexibility index (Phi) is 5.00. The van der Waals surface area contributed by atoms with Crippen LogP contribution in [0.1, 0.15) is 22.7 Å². The quantitative estimate of drug-likeness (QED) is 0.839. The molecular weight excluding hydrogens is 252 g/mol. The topological polar surface area (TPSA) is 24.9 Å². The van der Waals surface area contributed by atoms with Crippen LogP contribution in [-0.2, 0) is 0 Å². The molecule has 1 heterocycles. The molecule has 0 aliphatic rings. The molecule has 2 nitrogen and oxygen atoms in total. The van der Waals surface area contributed by atoms with Gasteiger partial charge < -0.3 is 5.32 Å². The highest BCUT2D eigenvalue weighted by Crippen LogP contribution is 2.26. The fraction of sp³-hybridized carbons (Fsp3) is 0.312. The average Bonchev–Trinajstić information content (AvgIpc) is 2.41. The van der Waals surface area contributed by atoms with Crippen LogP contribution < -0.4 is 5.32 Å². The zero-order chi connectivity index (χ0) is 13.7. The number of thioether (sulfide) groups is 1. The maximum Gasteiger partial charge on any atom is 0.0430 e. The van der Waals surface area contributed by atoms with E-state index in [-0.39, 0.29) is 0 Å². The lowest BCUT2D eigenvalue weighted by Crippen LogP contribution is -2.19. The summed E-state index contributed by atoms with van der Waals surface area (Å²) in [6, 6.07) is 11.0. The van der Waals surface area contributed by atoms with E-state index in [9.17, 15) is 0 Å². The molecule has 100 valence electrons. The molecule has 1 N–H and O–H groups in total. The van der Waals surface area contributed by atoms with E-state index >= 15 is 0 Å². The van der Waals surface area contributed by atoms with Gasteiger partial charge in [-0.05, 0) is 50.2 Å². The molecule has 19 heavy (non-hydrogen) atoms. The third kappa shape index (κ3) is 3.82. The molecule has 1 unspecified atom stereocenters. The summed E-state index contributed by atoms with van der Waals surface area (Å²) in [4.78, 5) is 5.56. The highest BCUT2D eigenvalue weighted by Gasteiger charge is 2.12. The summed E-state index contributed by atoms with van der Waals surface area (Å²) in [5.41, 5.74) is 3.88. The predicted octanol–water partition coefficient (Wildman–Crippen LogP) is 3.75. The maximum absolute atomic E-state index is 4.23. The Labute approximate surface area is 119 Å². The summed E-state index contributed by atoms with van der Waals surface area (Å²) in [6.07, 6.45) is 3.81. The average molecular weight is 272 g/mol. The summed E-state index contributed by atoms with van der Waals surface area (Å²) in [5.74, 6) is 1.01. The molecule has 0 spiro atoms. The molecule has 1 aromatic heterocycles. The lowest BCUT2D eigenvalue weighted by molar-refractivity contribution is 0.655. The molecule has 1 aromatic carbocycles. The van der Waals surface area contributed by atoms with Crippen LogP contribution in [0.3, 0.4) is 0 Å². The van der Waals surface area contributed by atoms with E-state index in [0.29, 0.717) is 6.04 Å². The molecule has 0 saturated heterocycles. The first-order valence-corrected chi connectivity index (χ1v) is 7.46. The minimum absolute atomic E-state index is 0.333. The van der Waals surface area contributed by atoms with Gasteiger partial charge in [-0.3, -0.25) is 4.98 Å². The Bertz CT molecular complexity index is 540. The van der Waals surface area contributed by atoms with E-state index in [1.54, 1.807) is 0 Å². The zero-order valence-electron chi connectivity index (χ0n) is 11.7. The van der Waals surface area contributed by atoms with Gasteiger partial charge in [0.2, 0.25) is 0 Å². The first kappa shape index (κ1) is 14.1. The Hall–Kier alpha value is -1.32. The Balaban J connectivity index is 2.06. The number of pyridine rings is 1. The van der Waals surface area contributed by atoms with Crippen LogP contribution in [0.15, 0.2) is 47.6 Å². The van der Waals surface area contributed by atoms with E-state index < -0.39 is 0 Å². The van der Waals surface area contributed by atoms with Crippen molar-refractivity contribution >= 4 is 11.8 Å². The molecule has 2 aromatic rings. The van der Waals surface area contributed by atoms with Crippen LogP contribution >= 0.6 is 11.8 Å². The van der Waals surface area contributed by atoms with Crippen molar-refractivity contribution in [3.8, 4) is 0 Å². The molecule has 1 atom stereocenters. The molecule has 2 rings (SSSR count). The van der Waals surface area contributed by atoms with Crippen LogP contribution in [0.5, 0.6) is 0 Å². The van der Waals surface area contributed by atoms with Gasteiger partial charge in [0, 0.05) is 29.1 Å². The largest absolute Gasteiger partial charge is 0.312 e. The summed E-state index contributed by atoms with van der Waals surface area (Å²) in [6.45, 7) is 4.27. The highest BCUT2D eigenvalue weighted by atomic mass is 32.2. The summed E-state index contributed by atoms with van der Waals surface area (Å²) in [7, 11) is 2.01. The molecule has 0 aliphatic carbocycles. The van der Waals surface area contributed by atoms with Gasteiger partial charge in [0.15, 0.2) is 0 Å². The summed E-state index contributed by atoms with van der Waals surface area (Å²) in [5, 5.41) is 3.38. The molecule has 0 amide bonds. The van der Waals surface area contributed by atoms with Crippen molar-refractivity contribution < 1.29 is 0 Å². The van der Waals surface area contributed by atoms with E-state index in [0.717, 1.165) is 5.75 Å². The molecule has 3 heteroatoms. The molecule has 0 fully saturated rings. The number of hydrogen-bond acceptors (Lipinski definition) is 3. The van der Waals surface area contributed by atoms with Gasteiger partial charge >= 0.3 is 0 Å². The van der Waals surface area contributed by atoms with Gasteiger partial charge in [-0.25, -0.2) is 0 Å². The van der Waals surface area contributed by atoms with Crippen molar-refractivity contribution in [2.24, 2.45) is 0 Å². The van der Waals surface area contributed by atoms with Gasteiger partial charge in [0.05, 0.1) is 0 Å². The first-order valence-electron chi connectivity index (χ1n) is 6.48. The Morgan fingerprint density at radius 2 is 2.11 bits per heavy atom. The van der Waals surface area contributed by atoms with Gasteiger partial charge in [-0.1, -0.05) is 17.7 Å². The number of aryl methyl sites for hydroxylation is 2. The van der Waals surface area contributed by atoms with E-state index in [1.807, 2.05) is 31.2 Å². The van der Waals surface area contributed by atoms with Gasteiger partial charge in [-0.15, -0.1) is 11.8 Å². The number of hydrogen-bond donors (Lipinski definition) is 1. The van der Waals surface area contributed by atoms with Gasteiger partial charge in [-0.2, -0.15) is 0 Å². The summed E-state index contributed by atoms with van der Waals surface area (Å²) >= 11 is 1.88. The third-order valence-electron chi connectivity index (χ3n) is 3.21. The number of benzene rings is 1. The second kappa shape index (κ2) is 6.73. The van der Waals surface area contributed by atoms with Crippen LogP contribution in [0.4, 0.5) is 0 Å². The van der Waals surface area contributed by atoms with Crippen LogP contribution in [-0.4, -0.2) is 17.8 Å². The number of nitrogens with zero attached hydrogens (tertiary/aromatic N) is 1. The molecular formula is C16H20N2S. The SMILES string of the molecule is CNC(CSc1cccc(C)c1)c1cnccc1C. The Morgan fingerprint density at radius 3 is 2.79 bits per heavy atom. The predicted molar refractivity (Wildman–Crippen MR) is 82.7 cm³/mol. The van der Waals surface area contributed by atoms with Gasteiger partial charge in [0.25, 0.3) is 0 Å². The fourth-order valence-electron chi connectivity index (χ4n) is 2.05. The number of rotatable bonds is 5. The fourth-order valence-corrected chi connectivity index (χ4v) is 3.20. The molecule has 0 aliphatic heterocycles. The molecule has 0 saturated carbocycles. The van der Waals surface area contributed by atoms with Crippen molar-refractivity contribution in [3.05, 3.63) is 59.4 Å². The monoisotopic (exact) mass is 272 g/mol. The first-order chi connectivity index (χ1) is 9.20. The van der Waals surface area contributed by atoms with Crippen LogP contribution in [0.2, 0.25) is 0 Å². The van der Waals surface area contributed by atoms with Gasteiger partial charge in [0.1, 0.15) is 0 Å². The minimum Gasteiger partial charge on any atom is -0.312 e. The summed E-state index contributed by atoms with van der Waals surface area (Å²) < 4.78 is 0. The van der Waals surface area contributed by atoms with E-state index in [2.05, 4.69) is 54.5 Å². The van der Waals surface area contributed by atoms with Crippen molar-refractivity contribution in [1.82, 2.24) is 10.3 Å².